The Balaban J connectivity index is 1.63. The SMILES string of the molecule is [2H]C([2H])([2H])N(Cc1ccc(-c2ccc(Cl)cc2)cc1)CC(O)(Cn1cncn1)c1ccc(F)cc1F. The van der Waals surface area contributed by atoms with E-state index in [1.165, 1.54) is 17.3 Å². The van der Waals surface area contributed by atoms with Crippen LogP contribution in [0.5, 0.6) is 0 Å². The van der Waals surface area contributed by atoms with Gasteiger partial charge in [0.1, 0.15) is 29.9 Å². The Hall–Kier alpha value is -3.13. The molecule has 0 aliphatic rings. The quantitative estimate of drug-likeness (QED) is 0.397. The molecule has 0 amide bonds. The van der Waals surface area contributed by atoms with Gasteiger partial charge in [-0.1, -0.05) is 54.1 Å². The molecule has 33 heavy (non-hydrogen) atoms. The molecule has 1 unspecified atom stereocenters. The first-order valence-corrected chi connectivity index (χ1v) is 10.5. The zero-order valence-electron chi connectivity index (χ0n) is 20.5. The molecule has 0 radical (unpaired) electrons. The third kappa shape index (κ3) is 5.63. The van der Waals surface area contributed by atoms with Crippen molar-refractivity contribution in [3.8, 4) is 11.1 Å². The summed E-state index contributed by atoms with van der Waals surface area (Å²) in [6.45, 7) is -3.45. The molecular weight excluding hydrogens is 446 g/mol. The lowest BCUT2D eigenvalue weighted by Crippen LogP contribution is -2.43. The molecule has 1 heterocycles. The van der Waals surface area contributed by atoms with Gasteiger partial charge in [-0.2, -0.15) is 5.10 Å². The molecule has 1 N–H and O–H groups in total. The van der Waals surface area contributed by atoms with Gasteiger partial charge in [0.15, 0.2) is 0 Å². The molecule has 1 atom stereocenters. The minimum absolute atomic E-state index is 0.0557. The molecule has 4 rings (SSSR count). The predicted molar refractivity (Wildman–Crippen MR) is 123 cm³/mol. The number of nitrogens with zero attached hydrogens (tertiary/aromatic N) is 4. The van der Waals surface area contributed by atoms with E-state index in [0.717, 1.165) is 28.2 Å². The van der Waals surface area contributed by atoms with Crippen molar-refractivity contribution in [3.05, 3.63) is 107 Å². The Kier molecular flexibility index (Phi) is 5.74. The molecule has 1 aromatic heterocycles. The molecule has 8 heteroatoms. The summed E-state index contributed by atoms with van der Waals surface area (Å²) in [5.41, 5.74) is 0.251. The third-order valence-corrected chi connectivity index (χ3v) is 5.53. The van der Waals surface area contributed by atoms with Gasteiger partial charge < -0.3 is 5.11 Å². The van der Waals surface area contributed by atoms with Gasteiger partial charge in [-0.05, 0) is 41.9 Å². The van der Waals surface area contributed by atoms with Crippen molar-refractivity contribution in [1.82, 2.24) is 19.7 Å². The van der Waals surface area contributed by atoms with Crippen LogP contribution < -0.4 is 0 Å². The van der Waals surface area contributed by atoms with Crippen molar-refractivity contribution in [2.75, 3.05) is 13.5 Å². The van der Waals surface area contributed by atoms with Crippen molar-refractivity contribution < 1.29 is 18.0 Å². The minimum Gasteiger partial charge on any atom is -0.382 e. The largest absolute Gasteiger partial charge is 0.382 e. The number of hydrogen-bond acceptors (Lipinski definition) is 4. The highest BCUT2D eigenvalue weighted by molar-refractivity contribution is 6.30. The summed E-state index contributed by atoms with van der Waals surface area (Å²) in [5.74, 6) is -1.80. The zero-order chi connectivity index (χ0) is 25.9. The van der Waals surface area contributed by atoms with Crippen molar-refractivity contribution in [3.63, 3.8) is 0 Å². The van der Waals surface area contributed by atoms with E-state index in [2.05, 4.69) is 10.1 Å². The van der Waals surface area contributed by atoms with Crippen LogP contribution in [0, 0.1) is 11.6 Å². The molecule has 0 aliphatic heterocycles. The maximum Gasteiger partial charge on any atom is 0.137 e. The Morgan fingerprint density at radius 3 is 2.36 bits per heavy atom. The number of hydrogen-bond donors (Lipinski definition) is 1. The fourth-order valence-electron chi connectivity index (χ4n) is 3.71. The van der Waals surface area contributed by atoms with Gasteiger partial charge in [-0.3, -0.25) is 4.90 Å². The molecule has 0 saturated carbocycles. The molecule has 170 valence electrons. The van der Waals surface area contributed by atoms with Crippen molar-refractivity contribution in [2.45, 2.75) is 18.7 Å². The van der Waals surface area contributed by atoms with Gasteiger partial charge in [-0.25, -0.2) is 18.4 Å². The highest BCUT2D eigenvalue weighted by Crippen LogP contribution is 2.28. The van der Waals surface area contributed by atoms with Crippen LogP contribution in [-0.2, 0) is 18.7 Å². The van der Waals surface area contributed by atoms with E-state index in [1.54, 1.807) is 24.3 Å². The molecule has 0 bridgehead atoms. The summed E-state index contributed by atoms with van der Waals surface area (Å²) < 4.78 is 53.8. The summed E-state index contributed by atoms with van der Waals surface area (Å²) in [7, 11) is 0. The zero-order valence-corrected chi connectivity index (χ0v) is 18.3. The van der Waals surface area contributed by atoms with Crippen molar-refractivity contribution in [1.29, 1.82) is 0 Å². The first kappa shape index (κ1) is 19.3. The van der Waals surface area contributed by atoms with E-state index >= 15 is 0 Å². The highest BCUT2D eigenvalue weighted by atomic mass is 35.5. The fraction of sp³-hybridized carbons (Fsp3) is 0.200. The van der Waals surface area contributed by atoms with E-state index in [1.807, 2.05) is 24.3 Å². The van der Waals surface area contributed by atoms with Crippen LogP contribution >= 0.6 is 11.6 Å². The Morgan fingerprint density at radius 2 is 1.76 bits per heavy atom. The maximum atomic E-state index is 14.8. The Labute approximate surface area is 200 Å². The third-order valence-electron chi connectivity index (χ3n) is 5.28. The summed E-state index contributed by atoms with van der Waals surface area (Å²) >= 11 is 5.95. The summed E-state index contributed by atoms with van der Waals surface area (Å²) in [4.78, 5) is 4.90. The van der Waals surface area contributed by atoms with E-state index in [4.69, 9.17) is 15.7 Å². The van der Waals surface area contributed by atoms with Crippen LogP contribution in [0.1, 0.15) is 15.2 Å². The lowest BCUT2D eigenvalue weighted by molar-refractivity contribution is -0.0175. The van der Waals surface area contributed by atoms with Crippen molar-refractivity contribution >= 4 is 11.6 Å². The molecular formula is C25H23ClF2N4O. The molecule has 0 spiro atoms. The summed E-state index contributed by atoms with van der Waals surface area (Å²) in [6.07, 6.45) is 2.56. The van der Waals surface area contributed by atoms with Gasteiger partial charge in [0.2, 0.25) is 0 Å². The summed E-state index contributed by atoms with van der Waals surface area (Å²) in [5, 5.41) is 16.2. The topological polar surface area (TPSA) is 54.2 Å². The predicted octanol–water partition coefficient (Wildman–Crippen LogP) is 4.90. The lowest BCUT2D eigenvalue weighted by atomic mass is 9.92. The number of likely N-dealkylation sites (N-methyl/N-ethyl adjacent to an activating group) is 1. The number of aliphatic hydroxyl groups is 1. The standard InChI is InChI=1S/C25H23ClF2N4O/c1-31(13-18-2-4-19(5-3-18)20-6-8-21(26)9-7-20)14-25(33,15-32-17-29-16-30-32)23-11-10-22(27)12-24(23)28/h2-12,16-17,33H,13-15H2,1H3/i1D3. The van der Waals surface area contributed by atoms with Gasteiger partial charge in [0.25, 0.3) is 0 Å². The second-order valence-electron chi connectivity index (χ2n) is 7.81. The first-order valence-electron chi connectivity index (χ1n) is 11.6. The smallest absolute Gasteiger partial charge is 0.137 e. The van der Waals surface area contributed by atoms with Crippen molar-refractivity contribution in [2.24, 2.45) is 0 Å². The Morgan fingerprint density at radius 1 is 1.06 bits per heavy atom. The average Bonchev–Trinajstić information content (AvgIpc) is 3.31. The van der Waals surface area contributed by atoms with Crippen LogP contribution in [0.3, 0.4) is 0 Å². The molecule has 0 aliphatic carbocycles. The summed E-state index contributed by atoms with van der Waals surface area (Å²) in [6, 6.07) is 17.4. The van der Waals surface area contributed by atoms with Crippen LogP contribution in [0.15, 0.2) is 79.4 Å². The number of halogens is 3. The van der Waals surface area contributed by atoms with Crippen LogP contribution in [-0.4, -0.2) is 38.3 Å². The van der Waals surface area contributed by atoms with E-state index in [0.29, 0.717) is 16.7 Å². The first-order chi connectivity index (χ1) is 17.0. The van der Waals surface area contributed by atoms with E-state index < -0.39 is 30.8 Å². The fourth-order valence-corrected chi connectivity index (χ4v) is 3.83. The van der Waals surface area contributed by atoms with Crippen LogP contribution in [0.2, 0.25) is 5.02 Å². The van der Waals surface area contributed by atoms with Gasteiger partial charge in [0.05, 0.1) is 6.54 Å². The molecule has 0 fully saturated rings. The molecule has 0 saturated heterocycles. The van der Waals surface area contributed by atoms with Crippen LogP contribution in [0.4, 0.5) is 8.78 Å². The van der Waals surface area contributed by atoms with Gasteiger partial charge in [0, 0.05) is 33.9 Å². The second-order valence-corrected chi connectivity index (χ2v) is 8.25. The number of aromatic nitrogens is 3. The normalized spacial score (nSPS) is 15.0. The molecule has 4 aromatic rings. The highest BCUT2D eigenvalue weighted by Gasteiger charge is 2.34. The molecule has 5 nitrogen and oxygen atoms in total. The van der Waals surface area contributed by atoms with E-state index in [9.17, 15) is 13.9 Å². The van der Waals surface area contributed by atoms with Gasteiger partial charge in [-0.15, -0.1) is 0 Å². The number of rotatable bonds is 8. The average molecular weight is 472 g/mol. The minimum atomic E-state index is -2.62. The lowest BCUT2D eigenvalue weighted by Gasteiger charge is -2.33. The Bertz CT molecular complexity index is 1300. The number of benzene rings is 3. The monoisotopic (exact) mass is 471 g/mol. The second kappa shape index (κ2) is 9.79. The van der Waals surface area contributed by atoms with Gasteiger partial charge >= 0.3 is 0 Å². The van der Waals surface area contributed by atoms with E-state index in [-0.39, 0.29) is 18.7 Å². The molecule has 3 aromatic carbocycles. The maximum absolute atomic E-state index is 14.8. The van der Waals surface area contributed by atoms with Crippen LogP contribution in [0.25, 0.3) is 11.1 Å².